The van der Waals surface area contributed by atoms with Crippen LogP contribution in [-0.2, 0) is 19.6 Å². The van der Waals surface area contributed by atoms with Crippen molar-refractivity contribution in [1.29, 1.82) is 0 Å². The maximum atomic E-state index is 12.1. The topological polar surface area (TPSA) is 71.1 Å². The number of hydrogen-bond acceptors (Lipinski definition) is 6. The number of rotatable bonds is 8. The number of carbonyl (C=O) groups excluding carboxylic acids is 2. The molecule has 0 atom stereocenters. The van der Waals surface area contributed by atoms with Crippen LogP contribution < -0.4 is 0 Å². The van der Waals surface area contributed by atoms with E-state index in [4.69, 9.17) is 19.6 Å². The fourth-order valence-electron chi connectivity index (χ4n) is 2.38. The molecule has 0 heterocycles. The van der Waals surface area contributed by atoms with E-state index >= 15 is 0 Å². The van der Waals surface area contributed by atoms with Gasteiger partial charge in [-0.2, -0.15) is 0 Å². The van der Waals surface area contributed by atoms with Gasteiger partial charge in [0.2, 0.25) is 6.29 Å². The Bertz CT molecular complexity index is 775. The normalized spacial score (nSPS) is 10.8. The van der Waals surface area contributed by atoms with Crippen molar-refractivity contribution in [1.82, 2.24) is 0 Å². The van der Waals surface area contributed by atoms with E-state index in [1.54, 1.807) is 24.3 Å². The highest BCUT2D eigenvalue weighted by atomic mass is 17.3. The van der Waals surface area contributed by atoms with Crippen LogP contribution in [0.2, 0.25) is 0 Å². The number of benzene rings is 2. The smallest absolute Gasteiger partial charge is 0.290 e. The van der Waals surface area contributed by atoms with Crippen LogP contribution in [0, 0.1) is 27.7 Å². The van der Waals surface area contributed by atoms with Crippen LogP contribution >= 0.6 is 0 Å². The summed E-state index contributed by atoms with van der Waals surface area (Å²) in [6, 6.07) is 10.4. The van der Waals surface area contributed by atoms with Crippen LogP contribution in [0.15, 0.2) is 36.4 Å². The van der Waals surface area contributed by atoms with Crippen molar-refractivity contribution in [3.05, 3.63) is 69.8 Å². The van der Waals surface area contributed by atoms with Crippen molar-refractivity contribution >= 4 is 11.9 Å². The van der Waals surface area contributed by atoms with Gasteiger partial charge in [-0.3, -0.25) is 9.78 Å². The highest BCUT2D eigenvalue weighted by molar-refractivity contribution is 5.89. The molecule has 0 saturated heterocycles. The Labute approximate surface area is 165 Å². The molecule has 6 nitrogen and oxygen atoms in total. The van der Waals surface area contributed by atoms with Crippen LogP contribution in [0.1, 0.15) is 62.7 Å². The van der Waals surface area contributed by atoms with Crippen molar-refractivity contribution in [3.8, 4) is 0 Å². The molecular formula is C22H26O6. The second kappa shape index (κ2) is 10.0. The van der Waals surface area contributed by atoms with Crippen molar-refractivity contribution in [2.75, 3.05) is 0 Å². The first-order valence-electron chi connectivity index (χ1n) is 9.21. The summed E-state index contributed by atoms with van der Waals surface area (Å²) < 4.78 is 0. The number of aryl methyl sites for hydroxylation is 4. The van der Waals surface area contributed by atoms with E-state index in [-0.39, 0.29) is 0 Å². The second-order valence-corrected chi connectivity index (χ2v) is 6.75. The van der Waals surface area contributed by atoms with Crippen molar-refractivity contribution in [2.45, 2.75) is 53.8 Å². The fourth-order valence-corrected chi connectivity index (χ4v) is 2.38. The first-order chi connectivity index (χ1) is 13.3. The Kier molecular flexibility index (Phi) is 7.72. The summed E-state index contributed by atoms with van der Waals surface area (Å²) in [7, 11) is 0. The zero-order valence-electron chi connectivity index (χ0n) is 16.9. The summed E-state index contributed by atoms with van der Waals surface area (Å²) in [6.07, 6.45) is 0.0315. The highest BCUT2D eigenvalue weighted by Gasteiger charge is 2.19. The summed E-state index contributed by atoms with van der Waals surface area (Å²) >= 11 is 0. The third kappa shape index (κ3) is 5.90. The van der Waals surface area contributed by atoms with Crippen LogP contribution in [0.25, 0.3) is 0 Å². The lowest BCUT2D eigenvalue weighted by Crippen LogP contribution is -2.22. The Morgan fingerprint density at radius 1 is 0.750 bits per heavy atom. The van der Waals surface area contributed by atoms with Gasteiger partial charge in [0.25, 0.3) is 0 Å². The predicted octanol–water partition coefficient (Wildman–Crippen LogP) is 4.92. The van der Waals surface area contributed by atoms with Gasteiger partial charge in [0.05, 0.1) is 11.1 Å². The van der Waals surface area contributed by atoms with E-state index in [2.05, 4.69) is 0 Å². The van der Waals surface area contributed by atoms with Gasteiger partial charge in [-0.1, -0.05) is 25.5 Å². The Morgan fingerprint density at radius 2 is 1.18 bits per heavy atom. The molecule has 0 unspecified atom stereocenters. The molecule has 6 heteroatoms. The Balaban J connectivity index is 1.91. The lowest BCUT2D eigenvalue weighted by Gasteiger charge is -2.14. The quantitative estimate of drug-likeness (QED) is 0.364. The van der Waals surface area contributed by atoms with Gasteiger partial charge >= 0.3 is 11.9 Å². The minimum absolute atomic E-state index is 0.366. The molecule has 0 spiro atoms. The third-order valence-electron chi connectivity index (χ3n) is 4.47. The van der Waals surface area contributed by atoms with E-state index in [0.717, 1.165) is 22.3 Å². The molecule has 0 aromatic heterocycles. The largest absolute Gasteiger partial charge is 0.373 e. The van der Waals surface area contributed by atoms with Crippen LogP contribution in [0.3, 0.4) is 0 Å². The van der Waals surface area contributed by atoms with E-state index < -0.39 is 18.2 Å². The van der Waals surface area contributed by atoms with Gasteiger partial charge in [-0.05, 0) is 74.2 Å². The monoisotopic (exact) mass is 386 g/mol. The minimum atomic E-state index is -1.02. The molecule has 0 aliphatic heterocycles. The van der Waals surface area contributed by atoms with E-state index in [1.165, 1.54) is 0 Å². The molecule has 0 aliphatic rings. The molecule has 0 amide bonds. The van der Waals surface area contributed by atoms with Crippen molar-refractivity contribution in [2.24, 2.45) is 0 Å². The first-order valence-corrected chi connectivity index (χ1v) is 9.21. The lowest BCUT2D eigenvalue weighted by molar-refractivity contribution is -0.421. The first kappa shape index (κ1) is 21.6. The molecule has 0 aliphatic carbocycles. The van der Waals surface area contributed by atoms with Gasteiger partial charge in [-0.25, -0.2) is 9.59 Å². The molecule has 0 N–H and O–H groups in total. The Morgan fingerprint density at radius 3 is 1.54 bits per heavy atom. The van der Waals surface area contributed by atoms with Gasteiger partial charge in [0.1, 0.15) is 0 Å². The summed E-state index contributed by atoms with van der Waals surface area (Å²) in [4.78, 5) is 44.1. The van der Waals surface area contributed by atoms with Crippen LogP contribution in [0.4, 0.5) is 0 Å². The maximum Gasteiger partial charge on any atom is 0.373 e. The maximum absolute atomic E-state index is 12.1. The highest BCUT2D eigenvalue weighted by Crippen LogP contribution is 2.15. The molecule has 2 aromatic carbocycles. The fraction of sp³-hybridized carbons (Fsp3) is 0.364. The Hall–Kier alpha value is -2.70. The molecular weight excluding hydrogens is 360 g/mol. The van der Waals surface area contributed by atoms with Gasteiger partial charge in [0.15, 0.2) is 0 Å². The molecule has 0 fully saturated rings. The van der Waals surface area contributed by atoms with Crippen molar-refractivity contribution in [3.63, 3.8) is 0 Å². The van der Waals surface area contributed by atoms with Crippen molar-refractivity contribution < 1.29 is 29.1 Å². The SMILES string of the molecule is CCCC(OOC(=O)c1ccc(C)c(C)c1)OOC(=O)c1ccc(C)c(C)c1. The summed E-state index contributed by atoms with van der Waals surface area (Å²) in [5, 5.41) is 0. The summed E-state index contributed by atoms with van der Waals surface area (Å²) in [5.74, 6) is -1.29. The van der Waals surface area contributed by atoms with Gasteiger partial charge < -0.3 is 0 Å². The third-order valence-corrected chi connectivity index (χ3v) is 4.47. The molecule has 0 radical (unpaired) electrons. The number of carbonyl (C=O) groups is 2. The predicted molar refractivity (Wildman–Crippen MR) is 104 cm³/mol. The molecule has 150 valence electrons. The molecule has 2 aromatic rings. The average Bonchev–Trinajstić information content (AvgIpc) is 2.67. The van der Waals surface area contributed by atoms with Crippen LogP contribution in [0.5, 0.6) is 0 Å². The summed E-state index contributed by atoms with van der Waals surface area (Å²) in [6.45, 7) is 9.62. The zero-order chi connectivity index (χ0) is 20.7. The molecule has 0 bridgehead atoms. The standard InChI is InChI=1S/C22H26O6/c1-6-7-20(25-27-21(23)18-10-8-14(2)16(4)12-18)26-28-22(24)19-11-9-15(3)17(5)13-19/h8-13,20H,6-7H2,1-5H3. The molecule has 0 saturated carbocycles. The molecule has 2 rings (SSSR count). The van der Waals surface area contributed by atoms with Gasteiger partial charge in [-0.15, -0.1) is 9.78 Å². The number of hydrogen-bond donors (Lipinski definition) is 0. The molecule has 28 heavy (non-hydrogen) atoms. The van der Waals surface area contributed by atoms with E-state index in [0.29, 0.717) is 24.0 Å². The van der Waals surface area contributed by atoms with Crippen LogP contribution in [-0.4, -0.2) is 18.2 Å². The lowest BCUT2D eigenvalue weighted by atomic mass is 10.1. The van der Waals surface area contributed by atoms with E-state index in [1.807, 2.05) is 46.8 Å². The van der Waals surface area contributed by atoms with E-state index in [9.17, 15) is 9.59 Å². The second-order valence-electron chi connectivity index (χ2n) is 6.75. The van der Waals surface area contributed by atoms with Gasteiger partial charge in [0, 0.05) is 6.42 Å². The summed E-state index contributed by atoms with van der Waals surface area (Å²) in [5.41, 5.74) is 4.82. The average molecular weight is 386 g/mol. The zero-order valence-corrected chi connectivity index (χ0v) is 16.9. The minimum Gasteiger partial charge on any atom is -0.290 e.